The van der Waals surface area contributed by atoms with Crippen molar-refractivity contribution in [3.05, 3.63) is 12.8 Å². The number of ether oxygens (including phenoxy) is 1. The molecule has 2 nitrogen and oxygen atoms in total. The highest BCUT2D eigenvalue weighted by atomic mass is 16.5. The minimum absolute atomic E-state index is 0.151. The van der Waals surface area contributed by atoms with E-state index in [0.717, 1.165) is 18.8 Å². The van der Waals surface area contributed by atoms with Gasteiger partial charge in [-0.25, -0.2) is 0 Å². The molecule has 0 aliphatic heterocycles. The monoisotopic (exact) mass is 282 g/mol. The third-order valence-electron chi connectivity index (χ3n) is 3.63. The van der Waals surface area contributed by atoms with Gasteiger partial charge in [0.15, 0.2) is 0 Å². The summed E-state index contributed by atoms with van der Waals surface area (Å²) in [5.41, 5.74) is 0. The molecule has 0 N–H and O–H groups in total. The van der Waals surface area contributed by atoms with Gasteiger partial charge in [0.25, 0.3) is 0 Å². The summed E-state index contributed by atoms with van der Waals surface area (Å²) in [5.74, 6) is 0.708. The summed E-state index contributed by atoms with van der Waals surface area (Å²) in [6, 6.07) is 0. The van der Waals surface area contributed by atoms with Gasteiger partial charge in [-0.05, 0) is 12.3 Å². The number of carbonyl (C=O) groups excluding carboxylic acids is 1. The normalized spacial score (nSPS) is 10.8. The second kappa shape index (κ2) is 14.6. The molecule has 2 heteroatoms. The SMILES string of the molecule is C=COC(=O)CCCCCCCCCCCCC(C)C. The highest BCUT2D eigenvalue weighted by Crippen LogP contribution is 2.13. The second-order valence-corrected chi connectivity index (χ2v) is 6.12. The molecule has 0 rings (SSSR count). The number of carbonyl (C=O) groups is 1. The minimum Gasteiger partial charge on any atom is -0.435 e. The van der Waals surface area contributed by atoms with Crippen molar-refractivity contribution in [2.24, 2.45) is 5.92 Å². The Morgan fingerprint density at radius 2 is 1.35 bits per heavy atom. The molecule has 0 aliphatic carbocycles. The van der Waals surface area contributed by atoms with Crippen molar-refractivity contribution in [2.45, 2.75) is 90.9 Å². The molecule has 0 aromatic carbocycles. The Bertz CT molecular complexity index is 234. The van der Waals surface area contributed by atoms with Crippen molar-refractivity contribution in [1.82, 2.24) is 0 Å². The van der Waals surface area contributed by atoms with Crippen molar-refractivity contribution < 1.29 is 9.53 Å². The predicted molar refractivity (Wildman–Crippen MR) is 86.5 cm³/mol. The summed E-state index contributed by atoms with van der Waals surface area (Å²) < 4.78 is 4.67. The minimum atomic E-state index is -0.151. The summed E-state index contributed by atoms with van der Waals surface area (Å²) in [6.45, 7) is 7.98. The van der Waals surface area contributed by atoms with E-state index in [9.17, 15) is 4.79 Å². The molecule has 118 valence electrons. The average molecular weight is 282 g/mol. The molecule has 0 heterocycles. The van der Waals surface area contributed by atoms with E-state index in [-0.39, 0.29) is 5.97 Å². The summed E-state index contributed by atoms with van der Waals surface area (Å²) in [7, 11) is 0. The van der Waals surface area contributed by atoms with Crippen LogP contribution in [0.3, 0.4) is 0 Å². The van der Waals surface area contributed by atoms with E-state index in [1.807, 2.05) is 0 Å². The van der Waals surface area contributed by atoms with Crippen LogP contribution >= 0.6 is 0 Å². The van der Waals surface area contributed by atoms with E-state index in [1.54, 1.807) is 0 Å². The van der Waals surface area contributed by atoms with Crippen LogP contribution in [0.4, 0.5) is 0 Å². The largest absolute Gasteiger partial charge is 0.435 e. The number of hydrogen-bond acceptors (Lipinski definition) is 2. The second-order valence-electron chi connectivity index (χ2n) is 6.12. The van der Waals surface area contributed by atoms with Gasteiger partial charge in [0, 0.05) is 6.42 Å². The fraction of sp³-hybridized carbons (Fsp3) is 0.833. The first kappa shape index (κ1) is 19.2. The lowest BCUT2D eigenvalue weighted by atomic mass is 10.0. The van der Waals surface area contributed by atoms with Gasteiger partial charge in [0.05, 0.1) is 6.26 Å². The molecule has 0 saturated heterocycles. The smallest absolute Gasteiger partial charge is 0.310 e. The summed E-state index contributed by atoms with van der Waals surface area (Å²) in [6.07, 6.45) is 16.1. The molecule has 0 atom stereocenters. The maximum absolute atomic E-state index is 11.1. The Morgan fingerprint density at radius 1 is 0.900 bits per heavy atom. The first-order valence-electron chi connectivity index (χ1n) is 8.47. The molecular weight excluding hydrogens is 248 g/mol. The van der Waals surface area contributed by atoms with Crippen LogP contribution in [0.15, 0.2) is 12.8 Å². The van der Waals surface area contributed by atoms with Crippen molar-refractivity contribution in [3.8, 4) is 0 Å². The molecule has 0 aromatic rings. The lowest BCUT2D eigenvalue weighted by Crippen LogP contribution is -1.98. The molecular formula is C18H34O2. The van der Waals surface area contributed by atoms with Gasteiger partial charge in [-0.2, -0.15) is 0 Å². The Hall–Kier alpha value is -0.790. The van der Waals surface area contributed by atoms with E-state index in [0.29, 0.717) is 6.42 Å². The number of esters is 1. The fourth-order valence-electron chi connectivity index (χ4n) is 2.39. The predicted octanol–water partition coefficient (Wildman–Crippen LogP) is 6.01. The van der Waals surface area contributed by atoms with E-state index in [4.69, 9.17) is 0 Å². The van der Waals surface area contributed by atoms with Gasteiger partial charge in [-0.1, -0.05) is 84.6 Å². The molecule has 0 aliphatic rings. The van der Waals surface area contributed by atoms with E-state index in [1.165, 1.54) is 64.0 Å². The molecule has 0 saturated carbocycles. The molecule has 0 amide bonds. The van der Waals surface area contributed by atoms with Crippen molar-refractivity contribution in [1.29, 1.82) is 0 Å². The fourth-order valence-corrected chi connectivity index (χ4v) is 2.39. The number of hydrogen-bond donors (Lipinski definition) is 0. The first-order chi connectivity index (χ1) is 9.66. The van der Waals surface area contributed by atoms with Crippen molar-refractivity contribution >= 4 is 5.97 Å². The van der Waals surface area contributed by atoms with Crippen LogP contribution in [-0.4, -0.2) is 5.97 Å². The summed E-state index contributed by atoms with van der Waals surface area (Å²) >= 11 is 0. The average Bonchev–Trinajstić information content (AvgIpc) is 2.40. The highest BCUT2D eigenvalue weighted by molar-refractivity contribution is 5.69. The van der Waals surface area contributed by atoms with Gasteiger partial charge < -0.3 is 4.74 Å². The molecule has 20 heavy (non-hydrogen) atoms. The Balaban J connectivity index is 3.06. The van der Waals surface area contributed by atoms with Crippen LogP contribution in [0, 0.1) is 5.92 Å². The van der Waals surface area contributed by atoms with Gasteiger partial charge >= 0.3 is 5.97 Å². The molecule has 0 fully saturated rings. The third-order valence-corrected chi connectivity index (χ3v) is 3.63. The van der Waals surface area contributed by atoms with Gasteiger partial charge in [-0.3, -0.25) is 4.79 Å². The highest BCUT2D eigenvalue weighted by Gasteiger charge is 2.00. The lowest BCUT2D eigenvalue weighted by molar-refractivity contribution is -0.138. The van der Waals surface area contributed by atoms with Crippen LogP contribution in [0.5, 0.6) is 0 Å². The Kier molecular flexibility index (Phi) is 14.0. The molecule has 0 unspecified atom stereocenters. The Labute approximate surface area is 126 Å². The van der Waals surface area contributed by atoms with Gasteiger partial charge in [0.1, 0.15) is 0 Å². The third kappa shape index (κ3) is 15.3. The van der Waals surface area contributed by atoms with Crippen molar-refractivity contribution in [2.75, 3.05) is 0 Å². The molecule has 0 spiro atoms. The van der Waals surface area contributed by atoms with Crippen molar-refractivity contribution in [3.63, 3.8) is 0 Å². The molecule has 0 aromatic heterocycles. The van der Waals surface area contributed by atoms with Crippen LogP contribution in [0.25, 0.3) is 0 Å². The lowest BCUT2D eigenvalue weighted by Gasteiger charge is -2.04. The van der Waals surface area contributed by atoms with Crippen LogP contribution in [0.1, 0.15) is 90.9 Å². The zero-order chi connectivity index (χ0) is 15.1. The van der Waals surface area contributed by atoms with E-state index in [2.05, 4.69) is 25.2 Å². The zero-order valence-corrected chi connectivity index (χ0v) is 13.7. The Morgan fingerprint density at radius 3 is 1.80 bits per heavy atom. The van der Waals surface area contributed by atoms with E-state index >= 15 is 0 Å². The standard InChI is InChI=1S/C18H34O2/c1-4-20-18(19)16-14-12-10-8-6-5-7-9-11-13-15-17(2)3/h4,17H,1,5-16H2,2-3H3. The maximum atomic E-state index is 11.1. The topological polar surface area (TPSA) is 26.3 Å². The maximum Gasteiger partial charge on any atom is 0.310 e. The zero-order valence-electron chi connectivity index (χ0n) is 13.7. The molecule has 0 bridgehead atoms. The molecule has 0 radical (unpaired) electrons. The summed E-state index contributed by atoms with van der Waals surface area (Å²) in [4.78, 5) is 11.1. The van der Waals surface area contributed by atoms with Gasteiger partial charge in [-0.15, -0.1) is 0 Å². The number of rotatable bonds is 14. The van der Waals surface area contributed by atoms with Crippen LogP contribution in [0.2, 0.25) is 0 Å². The van der Waals surface area contributed by atoms with E-state index < -0.39 is 0 Å². The van der Waals surface area contributed by atoms with Crippen LogP contribution < -0.4 is 0 Å². The van der Waals surface area contributed by atoms with Crippen LogP contribution in [-0.2, 0) is 9.53 Å². The van der Waals surface area contributed by atoms with Gasteiger partial charge in [0.2, 0.25) is 0 Å². The summed E-state index contributed by atoms with van der Waals surface area (Å²) in [5, 5.41) is 0. The quantitative estimate of drug-likeness (QED) is 0.221. The number of unbranched alkanes of at least 4 members (excludes halogenated alkanes) is 9. The first-order valence-corrected chi connectivity index (χ1v) is 8.47.